The lowest BCUT2D eigenvalue weighted by atomic mass is 9.81. The Morgan fingerprint density at radius 1 is 1.36 bits per heavy atom. The first-order valence-electron chi connectivity index (χ1n) is 5.15. The van der Waals surface area contributed by atoms with Gasteiger partial charge in [-0.05, 0) is 18.1 Å². The molecule has 0 nitrogen and oxygen atoms in total. The van der Waals surface area contributed by atoms with Gasteiger partial charge in [0, 0.05) is 11.3 Å². The van der Waals surface area contributed by atoms with Crippen LogP contribution in [0.3, 0.4) is 0 Å². The highest BCUT2D eigenvalue weighted by Gasteiger charge is 2.37. The molecular weight excluding hydrogens is 168 g/mol. The van der Waals surface area contributed by atoms with Gasteiger partial charge in [0.1, 0.15) is 0 Å². The van der Waals surface area contributed by atoms with Gasteiger partial charge in [0.2, 0.25) is 0 Å². The summed E-state index contributed by atoms with van der Waals surface area (Å²) in [5, 5.41) is 0. The number of hydrogen-bond acceptors (Lipinski definition) is 0. The summed E-state index contributed by atoms with van der Waals surface area (Å²) in [6.07, 6.45) is 6.25. The third kappa shape index (κ3) is 1.39. The van der Waals surface area contributed by atoms with Crippen molar-refractivity contribution in [2.24, 2.45) is 11.3 Å². The lowest BCUT2D eigenvalue weighted by Gasteiger charge is -2.23. The molecule has 0 saturated carbocycles. The van der Waals surface area contributed by atoms with Crippen LogP contribution in [-0.4, -0.2) is 0 Å². The maximum atomic E-state index is 4.20. The molecule has 0 radical (unpaired) electrons. The van der Waals surface area contributed by atoms with E-state index in [4.69, 9.17) is 0 Å². The van der Waals surface area contributed by atoms with Crippen molar-refractivity contribution in [1.29, 1.82) is 0 Å². The molecule has 76 valence electrons. The van der Waals surface area contributed by atoms with E-state index >= 15 is 0 Å². The summed E-state index contributed by atoms with van der Waals surface area (Å²) >= 11 is 0. The second kappa shape index (κ2) is 3.61. The molecule has 0 N–H and O–H groups in total. The third-order valence-corrected chi connectivity index (χ3v) is 3.33. The van der Waals surface area contributed by atoms with Crippen molar-refractivity contribution in [1.82, 2.24) is 0 Å². The molecule has 1 aliphatic rings. The van der Waals surface area contributed by atoms with Gasteiger partial charge in [-0.2, -0.15) is 0 Å². The van der Waals surface area contributed by atoms with E-state index in [1.807, 2.05) is 6.08 Å². The maximum Gasteiger partial charge on any atom is 0.0111 e. The Labute approximate surface area is 87.7 Å². The molecule has 14 heavy (non-hydrogen) atoms. The van der Waals surface area contributed by atoms with Gasteiger partial charge in [-0.25, -0.2) is 0 Å². The van der Waals surface area contributed by atoms with Gasteiger partial charge in [0.15, 0.2) is 0 Å². The van der Waals surface area contributed by atoms with Crippen LogP contribution in [0.2, 0.25) is 0 Å². The largest absolute Gasteiger partial charge is 0.0987 e. The molecule has 0 aromatic rings. The van der Waals surface area contributed by atoms with Crippen molar-refractivity contribution in [3.05, 3.63) is 48.1 Å². The average Bonchev–Trinajstić information content (AvgIpc) is 2.28. The fraction of sp³-hybridized carbons (Fsp3) is 0.429. The van der Waals surface area contributed by atoms with E-state index in [1.54, 1.807) is 0 Å². The topological polar surface area (TPSA) is 0 Å². The molecule has 1 aliphatic carbocycles. The lowest BCUT2D eigenvalue weighted by Crippen LogP contribution is -2.12. The summed E-state index contributed by atoms with van der Waals surface area (Å²) in [7, 11) is 0. The first kappa shape index (κ1) is 11.0. The minimum Gasteiger partial charge on any atom is -0.0987 e. The van der Waals surface area contributed by atoms with E-state index in [0.717, 1.165) is 0 Å². The van der Waals surface area contributed by atoms with Crippen molar-refractivity contribution >= 4 is 0 Å². The Kier molecular flexibility index (Phi) is 2.84. The van der Waals surface area contributed by atoms with Crippen LogP contribution in [0.25, 0.3) is 0 Å². The zero-order valence-corrected chi connectivity index (χ0v) is 9.72. The van der Waals surface area contributed by atoms with Crippen molar-refractivity contribution in [3.8, 4) is 0 Å². The highest BCUT2D eigenvalue weighted by atomic mass is 14.4. The standard InChI is InChI=1S/C14H20/c1-7-9-12-10(3)11(4)14(5,6)13(12)8-2/h7-10H,2,4H2,1,3,5-6H3/b9-7-. The molecule has 0 aromatic heterocycles. The minimum atomic E-state index is 0.0794. The predicted molar refractivity (Wildman–Crippen MR) is 64.1 cm³/mol. The van der Waals surface area contributed by atoms with Crippen molar-refractivity contribution < 1.29 is 0 Å². The fourth-order valence-electron chi connectivity index (χ4n) is 2.28. The lowest BCUT2D eigenvalue weighted by molar-refractivity contribution is 0.545. The van der Waals surface area contributed by atoms with Gasteiger partial charge in [0.05, 0.1) is 0 Å². The van der Waals surface area contributed by atoms with Crippen LogP contribution in [0.5, 0.6) is 0 Å². The van der Waals surface area contributed by atoms with E-state index in [0.29, 0.717) is 5.92 Å². The Morgan fingerprint density at radius 3 is 2.36 bits per heavy atom. The zero-order valence-electron chi connectivity index (χ0n) is 9.72. The molecule has 0 aliphatic heterocycles. The molecule has 0 fully saturated rings. The SMILES string of the molecule is C=CC1=C(/C=C\C)C(C)C(=C)C1(C)C. The maximum absolute atomic E-state index is 4.20. The average molecular weight is 188 g/mol. The van der Waals surface area contributed by atoms with Crippen LogP contribution in [0.4, 0.5) is 0 Å². The van der Waals surface area contributed by atoms with Crippen molar-refractivity contribution in [2.75, 3.05) is 0 Å². The Hall–Kier alpha value is -1.04. The third-order valence-electron chi connectivity index (χ3n) is 3.33. The van der Waals surface area contributed by atoms with Gasteiger partial charge in [0.25, 0.3) is 0 Å². The monoisotopic (exact) mass is 188 g/mol. The van der Waals surface area contributed by atoms with Crippen LogP contribution >= 0.6 is 0 Å². The second-order valence-corrected chi connectivity index (χ2v) is 4.45. The molecule has 0 spiro atoms. The first-order valence-corrected chi connectivity index (χ1v) is 5.15. The zero-order chi connectivity index (χ0) is 10.9. The van der Waals surface area contributed by atoms with Crippen LogP contribution in [-0.2, 0) is 0 Å². The summed E-state index contributed by atoms with van der Waals surface area (Å²) in [5.41, 5.74) is 4.07. The Morgan fingerprint density at radius 2 is 1.93 bits per heavy atom. The molecule has 0 heterocycles. The Balaban J connectivity index is 3.32. The fourth-order valence-corrected chi connectivity index (χ4v) is 2.28. The molecule has 1 rings (SSSR count). The summed E-state index contributed by atoms with van der Waals surface area (Å²) in [4.78, 5) is 0. The summed E-state index contributed by atoms with van der Waals surface area (Å²) in [6.45, 7) is 16.8. The van der Waals surface area contributed by atoms with Gasteiger partial charge in [-0.3, -0.25) is 0 Å². The highest BCUT2D eigenvalue weighted by molar-refractivity contribution is 5.51. The molecular formula is C14H20. The molecule has 0 saturated heterocycles. The number of rotatable bonds is 2. The molecule has 1 atom stereocenters. The van der Waals surface area contributed by atoms with E-state index in [-0.39, 0.29) is 5.41 Å². The summed E-state index contributed by atoms with van der Waals surface area (Å²) < 4.78 is 0. The van der Waals surface area contributed by atoms with Crippen LogP contribution in [0.15, 0.2) is 48.1 Å². The van der Waals surface area contributed by atoms with E-state index in [1.165, 1.54) is 16.7 Å². The summed E-state index contributed by atoms with van der Waals surface area (Å²) in [6, 6.07) is 0. The van der Waals surface area contributed by atoms with E-state index < -0.39 is 0 Å². The van der Waals surface area contributed by atoms with Crippen LogP contribution in [0.1, 0.15) is 27.7 Å². The van der Waals surface area contributed by atoms with E-state index in [2.05, 4.69) is 53.0 Å². The van der Waals surface area contributed by atoms with Gasteiger partial charge in [-0.15, -0.1) is 0 Å². The van der Waals surface area contributed by atoms with Gasteiger partial charge < -0.3 is 0 Å². The van der Waals surface area contributed by atoms with Crippen molar-refractivity contribution in [2.45, 2.75) is 27.7 Å². The predicted octanol–water partition coefficient (Wildman–Crippen LogP) is 4.28. The van der Waals surface area contributed by atoms with Crippen LogP contribution in [0, 0.1) is 11.3 Å². The normalized spacial score (nSPS) is 26.3. The molecule has 0 amide bonds. The smallest absolute Gasteiger partial charge is 0.0111 e. The first-order chi connectivity index (χ1) is 6.46. The second-order valence-electron chi connectivity index (χ2n) is 4.45. The molecule has 0 heteroatoms. The quantitative estimate of drug-likeness (QED) is 0.567. The molecule has 0 aromatic carbocycles. The summed E-state index contributed by atoms with van der Waals surface area (Å²) in [5.74, 6) is 0.453. The van der Waals surface area contributed by atoms with Crippen LogP contribution < -0.4 is 0 Å². The number of hydrogen-bond donors (Lipinski definition) is 0. The van der Waals surface area contributed by atoms with Gasteiger partial charge in [-0.1, -0.05) is 57.7 Å². The minimum absolute atomic E-state index is 0.0794. The highest BCUT2D eigenvalue weighted by Crippen LogP contribution is 2.49. The molecule has 1 unspecified atom stereocenters. The Bertz CT molecular complexity index is 324. The van der Waals surface area contributed by atoms with Crippen molar-refractivity contribution in [3.63, 3.8) is 0 Å². The molecule has 0 bridgehead atoms. The van der Waals surface area contributed by atoms with E-state index in [9.17, 15) is 0 Å². The number of allylic oxidation sites excluding steroid dienone is 6. The van der Waals surface area contributed by atoms with Gasteiger partial charge >= 0.3 is 0 Å².